The molecule has 0 bridgehead atoms. The zero-order valence-corrected chi connectivity index (χ0v) is 21.0. The van der Waals surface area contributed by atoms with Gasteiger partial charge in [0.25, 0.3) is 11.7 Å². The lowest BCUT2D eigenvalue weighted by atomic mass is 9.94. The van der Waals surface area contributed by atoms with E-state index in [0.717, 1.165) is 11.3 Å². The standard InChI is InChI=1S/C32H24FNO5/c1-19-16-22-17-21(10-15-27(22)38-19)30(35)28-29(34(32(37)31(28)36)24-13-11-23(33)12-14-24)20-6-5-9-26(18-20)39-25-7-3-2-4-8-25/h2-15,17-19,29,35H,16H2,1H3/b30-28-. The molecule has 2 heterocycles. The van der Waals surface area contributed by atoms with Crippen LogP contribution in [0.25, 0.3) is 5.76 Å². The summed E-state index contributed by atoms with van der Waals surface area (Å²) in [5, 5.41) is 11.5. The molecule has 0 saturated carbocycles. The molecule has 7 heteroatoms. The molecular formula is C32H24FNO5. The summed E-state index contributed by atoms with van der Waals surface area (Å²) >= 11 is 0. The number of nitrogens with zero attached hydrogens (tertiary/aromatic N) is 1. The average molecular weight is 522 g/mol. The molecule has 0 aromatic heterocycles. The molecule has 194 valence electrons. The second kappa shape index (κ2) is 9.76. The Bertz CT molecular complexity index is 1610. The fourth-order valence-electron chi connectivity index (χ4n) is 5.11. The second-order valence-corrected chi connectivity index (χ2v) is 9.59. The Balaban J connectivity index is 1.49. The fourth-order valence-corrected chi connectivity index (χ4v) is 5.11. The fraction of sp³-hybridized carbons (Fsp3) is 0.125. The van der Waals surface area contributed by atoms with Gasteiger partial charge in [0.2, 0.25) is 0 Å². The van der Waals surface area contributed by atoms with Crippen molar-refractivity contribution in [1.29, 1.82) is 0 Å². The lowest BCUT2D eigenvalue weighted by Gasteiger charge is -2.26. The summed E-state index contributed by atoms with van der Waals surface area (Å²) in [4.78, 5) is 28.2. The van der Waals surface area contributed by atoms with Gasteiger partial charge in [0.15, 0.2) is 0 Å². The molecule has 0 radical (unpaired) electrons. The molecule has 4 aromatic rings. The predicted octanol–water partition coefficient (Wildman–Crippen LogP) is 6.57. The third-order valence-electron chi connectivity index (χ3n) is 6.87. The Morgan fingerprint density at radius 3 is 2.44 bits per heavy atom. The Kier molecular flexibility index (Phi) is 6.11. The SMILES string of the molecule is CC1Cc2cc(/C(O)=C3/C(=O)C(=O)N(c4ccc(F)cc4)C3c3cccc(Oc4ccccc4)c3)ccc2O1. The van der Waals surface area contributed by atoms with Crippen LogP contribution < -0.4 is 14.4 Å². The number of carbonyl (C=O) groups excluding carboxylic acids is 2. The van der Waals surface area contributed by atoms with Crippen molar-refractivity contribution in [3.63, 3.8) is 0 Å². The zero-order chi connectivity index (χ0) is 27.1. The van der Waals surface area contributed by atoms with Gasteiger partial charge in [-0.2, -0.15) is 0 Å². The van der Waals surface area contributed by atoms with Crippen molar-refractivity contribution in [1.82, 2.24) is 0 Å². The van der Waals surface area contributed by atoms with Gasteiger partial charge in [-0.05, 0) is 84.8 Å². The molecular weight excluding hydrogens is 497 g/mol. The largest absolute Gasteiger partial charge is 0.507 e. The number of hydrogen-bond acceptors (Lipinski definition) is 5. The average Bonchev–Trinajstić information content (AvgIpc) is 3.45. The molecule has 0 aliphatic carbocycles. The van der Waals surface area contributed by atoms with Gasteiger partial charge in [0.1, 0.15) is 34.9 Å². The van der Waals surface area contributed by atoms with Gasteiger partial charge in [0, 0.05) is 17.7 Å². The molecule has 6 nitrogen and oxygen atoms in total. The van der Waals surface area contributed by atoms with E-state index in [-0.39, 0.29) is 17.4 Å². The summed E-state index contributed by atoms with van der Waals surface area (Å²) in [7, 11) is 0. The van der Waals surface area contributed by atoms with Crippen molar-refractivity contribution >= 4 is 23.1 Å². The molecule has 6 rings (SSSR count). The highest BCUT2D eigenvalue weighted by Crippen LogP contribution is 2.43. The Hall–Kier alpha value is -4.91. The first-order valence-electron chi connectivity index (χ1n) is 12.6. The van der Waals surface area contributed by atoms with Crippen LogP contribution in [-0.2, 0) is 16.0 Å². The third-order valence-corrected chi connectivity index (χ3v) is 6.87. The van der Waals surface area contributed by atoms with E-state index in [9.17, 15) is 19.1 Å². The van der Waals surface area contributed by atoms with E-state index in [2.05, 4.69) is 0 Å². The van der Waals surface area contributed by atoms with E-state index in [1.165, 1.54) is 29.2 Å². The Labute approximate surface area is 224 Å². The number of anilines is 1. The van der Waals surface area contributed by atoms with E-state index in [4.69, 9.17) is 9.47 Å². The number of aliphatic hydroxyl groups excluding tert-OH is 1. The van der Waals surface area contributed by atoms with Crippen molar-refractivity contribution < 1.29 is 28.6 Å². The summed E-state index contributed by atoms with van der Waals surface area (Å²) in [6, 6.07) is 25.8. The van der Waals surface area contributed by atoms with Crippen LogP contribution in [0.2, 0.25) is 0 Å². The van der Waals surface area contributed by atoms with Crippen LogP contribution in [0, 0.1) is 5.82 Å². The number of carbonyl (C=O) groups is 2. The normalized spacial score (nSPS) is 19.6. The van der Waals surface area contributed by atoms with Gasteiger partial charge in [-0.3, -0.25) is 14.5 Å². The van der Waals surface area contributed by atoms with Crippen molar-refractivity contribution in [3.05, 3.63) is 125 Å². The van der Waals surface area contributed by atoms with Crippen LogP contribution in [0.1, 0.15) is 29.7 Å². The van der Waals surface area contributed by atoms with Crippen LogP contribution >= 0.6 is 0 Å². The predicted molar refractivity (Wildman–Crippen MR) is 144 cm³/mol. The minimum absolute atomic E-state index is 0.00815. The Morgan fingerprint density at radius 2 is 1.67 bits per heavy atom. The van der Waals surface area contributed by atoms with Crippen LogP contribution in [0.4, 0.5) is 10.1 Å². The molecule has 2 atom stereocenters. The van der Waals surface area contributed by atoms with E-state index >= 15 is 0 Å². The summed E-state index contributed by atoms with van der Waals surface area (Å²) in [6.07, 6.45) is 0.677. The third kappa shape index (κ3) is 4.52. The van der Waals surface area contributed by atoms with Gasteiger partial charge in [-0.25, -0.2) is 4.39 Å². The molecule has 4 aromatic carbocycles. The molecule has 2 unspecified atom stereocenters. The Morgan fingerprint density at radius 1 is 0.923 bits per heavy atom. The number of halogens is 1. The van der Waals surface area contributed by atoms with E-state index in [1.807, 2.05) is 37.3 Å². The highest BCUT2D eigenvalue weighted by molar-refractivity contribution is 6.51. The van der Waals surface area contributed by atoms with Gasteiger partial charge in [-0.1, -0.05) is 30.3 Å². The topological polar surface area (TPSA) is 76.1 Å². The lowest BCUT2D eigenvalue weighted by molar-refractivity contribution is -0.132. The number of aliphatic hydroxyl groups is 1. The highest BCUT2D eigenvalue weighted by Gasteiger charge is 2.47. The number of hydrogen-bond donors (Lipinski definition) is 1. The number of fused-ring (bicyclic) bond motifs is 1. The first-order chi connectivity index (χ1) is 18.9. The summed E-state index contributed by atoms with van der Waals surface area (Å²) in [5.74, 6) is -0.571. The smallest absolute Gasteiger partial charge is 0.300 e. The molecule has 1 amide bonds. The molecule has 39 heavy (non-hydrogen) atoms. The molecule has 0 spiro atoms. The van der Waals surface area contributed by atoms with E-state index in [1.54, 1.807) is 42.5 Å². The van der Waals surface area contributed by atoms with Crippen molar-refractivity contribution in [2.24, 2.45) is 0 Å². The van der Waals surface area contributed by atoms with Crippen LogP contribution in [0.15, 0.2) is 103 Å². The summed E-state index contributed by atoms with van der Waals surface area (Å²) < 4.78 is 25.5. The quantitative estimate of drug-likeness (QED) is 0.183. The minimum atomic E-state index is -0.974. The highest BCUT2D eigenvalue weighted by atomic mass is 19.1. The first kappa shape index (κ1) is 24.4. The summed E-state index contributed by atoms with van der Waals surface area (Å²) in [5.41, 5.74) is 2.13. The number of amides is 1. The monoisotopic (exact) mass is 521 g/mol. The number of para-hydroxylation sites is 1. The molecule has 1 saturated heterocycles. The van der Waals surface area contributed by atoms with Gasteiger partial charge in [0.05, 0.1) is 11.6 Å². The molecule has 1 N–H and O–H groups in total. The van der Waals surface area contributed by atoms with Crippen LogP contribution in [0.5, 0.6) is 17.2 Å². The molecule has 1 fully saturated rings. The number of ketones is 1. The molecule has 2 aliphatic rings. The lowest BCUT2D eigenvalue weighted by Crippen LogP contribution is -2.29. The van der Waals surface area contributed by atoms with Gasteiger partial charge in [-0.15, -0.1) is 0 Å². The van der Waals surface area contributed by atoms with Crippen LogP contribution in [-0.4, -0.2) is 22.9 Å². The maximum atomic E-state index is 13.7. The first-order valence-corrected chi connectivity index (χ1v) is 12.6. The number of rotatable bonds is 5. The van der Waals surface area contributed by atoms with Crippen molar-refractivity contribution in [2.45, 2.75) is 25.5 Å². The van der Waals surface area contributed by atoms with Gasteiger partial charge >= 0.3 is 0 Å². The number of benzene rings is 4. The van der Waals surface area contributed by atoms with Crippen molar-refractivity contribution in [2.75, 3.05) is 4.90 Å². The van der Waals surface area contributed by atoms with E-state index < -0.39 is 23.5 Å². The minimum Gasteiger partial charge on any atom is -0.507 e. The maximum absolute atomic E-state index is 13.7. The summed E-state index contributed by atoms with van der Waals surface area (Å²) in [6.45, 7) is 1.96. The second-order valence-electron chi connectivity index (χ2n) is 9.59. The van der Waals surface area contributed by atoms with Gasteiger partial charge < -0.3 is 14.6 Å². The zero-order valence-electron chi connectivity index (χ0n) is 21.0. The number of ether oxygens (including phenoxy) is 2. The van der Waals surface area contributed by atoms with E-state index in [0.29, 0.717) is 34.7 Å². The van der Waals surface area contributed by atoms with Crippen molar-refractivity contribution in [3.8, 4) is 17.2 Å². The maximum Gasteiger partial charge on any atom is 0.300 e. The number of Topliss-reactive ketones (excluding diaryl/α,β-unsaturated/α-hetero) is 1. The van der Waals surface area contributed by atoms with Crippen LogP contribution in [0.3, 0.4) is 0 Å². The molecule has 2 aliphatic heterocycles.